The number of aliphatic hydroxyl groups is 1. The summed E-state index contributed by atoms with van der Waals surface area (Å²) in [4.78, 5) is 0. The molecule has 5 nitrogen and oxygen atoms in total. The maximum absolute atomic E-state index is 11.3. The summed E-state index contributed by atoms with van der Waals surface area (Å²) in [7, 11) is -3.03. The van der Waals surface area contributed by atoms with E-state index in [-0.39, 0.29) is 6.10 Å². The van der Waals surface area contributed by atoms with E-state index in [1.807, 2.05) is 0 Å². The lowest BCUT2D eigenvalue weighted by atomic mass is 10.1. The van der Waals surface area contributed by atoms with E-state index >= 15 is 0 Å². The SMILES string of the molecule is CS(=O)(=O)N1CCC(NCC(O)C2CC2)CC1. The highest BCUT2D eigenvalue weighted by molar-refractivity contribution is 7.88. The van der Waals surface area contributed by atoms with Crippen molar-refractivity contribution in [3.63, 3.8) is 0 Å². The van der Waals surface area contributed by atoms with Gasteiger partial charge in [-0.2, -0.15) is 0 Å². The van der Waals surface area contributed by atoms with Gasteiger partial charge >= 0.3 is 0 Å². The van der Waals surface area contributed by atoms with Gasteiger partial charge in [0.15, 0.2) is 0 Å². The van der Waals surface area contributed by atoms with Gasteiger partial charge in [0, 0.05) is 25.7 Å². The molecule has 1 aliphatic carbocycles. The molecule has 6 heteroatoms. The number of nitrogens with one attached hydrogen (secondary N) is 1. The van der Waals surface area contributed by atoms with Gasteiger partial charge in [0.05, 0.1) is 12.4 Å². The highest BCUT2D eigenvalue weighted by Gasteiger charge is 2.30. The topological polar surface area (TPSA) is 69.6 Å². The number of rotatable bonds is 5. The summed E-state index contributed by atoms with van der Waals surface area (Å²) in [6.07, 6.45) is 5.01. The van der Waals surface area contributed by atoms with Gasteiger partial charge in [-0.15, -0.1) is 0 Å². The Kier molecular flexibility index (Phi) is 4.07. The van der Waals surface area contributed by atoms with Gasteiger partial charge in [-0.05, 0) is 31.6 Å². The number of nitrogens with zero attached hydrogens (tertiary/aromatic N) is 1. The minimum atomic E-state index is -3.03. The Morgan fingerprint density at radius 2 is 1.88 bits per heavy atom. The van der Waals surface area contributed by atoms with E-state index < -0.39 is 10.0 Å². The average Bonchev–Trinajstić information content (AvgIpc) is 3.09. The van der Waals surface area contributed by atoms with Crippen LogP contribution in [0.5, 0.6) is 0 Å². The smallest absolute Gasteiger partial charge is 0.211 e. The molecule has 0 aromatic heterocycles. The maximum atomic E-state index is 11.3. The van der Waals surface area contributed by atoms with Crippen molar-refractivity contribution in [1.82, 2.24) is 9.62 Å². The number of hydrogen-bond acceptors (Lipinski definition) is 4. The van der Waals surface area contributed by atoms with E-state index in [2.05, 4.69) is 5.32 Å². The molecule has 1 aliphatic heterocycles. The van der Waals surface area contributed by atoms with Gasteiger partial charge in [-0.1, -0.05) is 0 Å². The highest BCUT2D eigenvalue weighted by Crippen LogP contribution is 2.32. The van der Waals surface area contributed by atoms with Crippen LogP contribution in [0.1, 0.15) is 25.7 Å². The summed E-state index contributed by atoms with van der Waals surface area (Å²) in [5.41, 5.74) is 0. The Hall–Kier alpha value is -0.170. The summed E-state index contributed by atoms with van der Waals surface area (Å²) in [6, 6.07) is 0.349. The molecule has 0 spiro atoms. The highest BCUT2D eigenvalue weighted by atomic mass is 32.2. The van der Waals surface area contributed by atoms with Gasteiger partial charge in [-0.3, -0.25) is 0 Å². The van der Waals surface area contributed by atoms with Gasteiger partial charge in [0.25, 0.3) is 0 Å². The van der Waals surface area contributed by atoms with Crippen molar-refractivity contribution in [2.45, 2.75) is 37.8 Å². The van der Waals surface area contributed by atoms with Crippen molar-refractivity contribution < 1.29 is 13.5 Å². The first kappa shape index (κ1) is 13.3. The summed E-state index contributed by atoms with van der Waals surface area (Å²) >= 11 is 0. The molecule has 100 valence electrons. The van der Waals surface area contributed by atoms with Gasteiger partial charge in [0.2, 0.25) is 10.0 Å². The standard InChI is InChI=1S/C11H22N2O3S/c1-17(15,16)13-6-4-10(5-7-13)12-8-11(14)9-2-3-9/h9-12,14H,2-8H2,1H3. The van der Waals surface area contributed by atoms with Gasteiger partial charge < -0.3 is 10.4 Å². The molecular weight excluding hydrogens is 240 g/mol. The van der Waals surface area contributed by atoms with Crippen LogP contribution in [0.15, 0.2) is 0 Å². The molecule has 1 saturated carbocycles. The second kappa shape index (κ2) is 5.22. The third-order valence-electron chi connectivity index (χ3n) is 3.70. The molecule has 0 amide bonds. The predicted molar refractivity (Wildman–Crippen MR) is 66.2 cm³/mol. The zero-order chi connectivity index (χ0) is 12.5. The third kappa shape index (κ3) is 3.91. The molecule has 2 fully saturated rings. The normalized spacial score (nSPS) is 26.0. The van der Waals surface area contributed by atoms with E-state index in [0.29, 0.717) is 31.6 Å². The van der Waals surface area contributed by atoms with Crippen molar-refractivity contribution in [3.05, 3.63) is 0 Å². The molecule has 1 saturated heterocycles. The first-order valence-corrected chi connectivity index (χ1v) is 8.18. The van der Waals surface area contributed by atoms with Gasteiger partial charge in [-0.25, -0.2) is 12.7 Å². The molecule has 2 rings (SSSR count). The Morgan fingerprint density at radius 1 is 1.29 bits per heavy atom. The summed E-state index contributed by atoms with van der Waals surface area (Å²) in [6.45, 7) is 1.83. The van der Waals surface area contributed by atoms with Crippen LogP contribution >= 0.6 is 0 Å². The van der Waals surface area contributed by atoms with Crippen LogP contribution in [0.25, 0.3) is 0 Å². The predicted octanol–water partition coefficient (Wildman–Crippen LogP) is -0.229. The van der Waals surface area contributed by atoms with Crippen LogP contribution in [0.3, 0.4) is 0 Å². The lowest BCUT2D eigenvalue weighted by Crippen LogP contribution is -2.46. The molecule has 2 aliphatic rings. The van der Waals surface area contributed by atoms with E-state index in [1.165, 1.54) is 10.6 Å². The minimum Gasteiger partial charge on any atom is -0.392 e. The molecule has 1 heterocycles. The molecule has 0 aromatic carbocycles. The minimum absolute atomic E-state index is 0.220. The van der Waals surface area contributed by atoms with E-state index in [1.54, 1.807) is 0 Å². The number of piperidine rings is 1. The molecular formula is C11H22N2O3S. The van der Waals surface area contributed by atoms with Crippen molar-refractivity contribution in [2.75, 3.05) is 25.9 Å². The van der Waals surface area contributed by atoms with Crippen molar-refractivity contribution in [1.29, 1.82) is 0 Å². The van der Waals surface area contributed by atoms with Crippen LogP contribution in [-0.2, 0) is 10.0 Å². The molecule has 0 radical (unpaired) electrons. The Balaban J connectivity index is 1.68. The third-order valence-corrected chi connectivity index (χ3v) is 5.01. The number of hydrogen-bond donors (Lipinski definition) is 2. The van der Waals surface area contributed by atoms with Crippen LogP contribution in [-0.4, -0.2) is 55.9 Å². The summed E-state index contributed by atoms with van der Waals surface area (Å²) in [5.74, 6) is 0.499. The number of aliphatic hydroxyl groups excluding tert-OH is 1. The molecule has 0 bridgehead atoms. The number of sulfonamides is 1. The molecule has 0 aromatic rings. The fraction of sp³-hybridized carbons (Fsp3) is 1.00. The maximum Gasteiger partial charge on any atom is 0.211 e. The monoisotopic (exact) mass is 262 g/mol. The second-order valence-electron chi connectivity index (χ2n) is 5.25. The zero-order valence-electron chi connectivity index (χ0n) is 10.3. The largest absolute Gasteiger partial charge is 0.392 e. The fourth-order valence-corrected chi connectivity index (χ4v) is 3.20. The summed E-state index contributed by atoms with van der Waals surface area (Å²) in [5, 5.41) is 13.1. The second-order valence-corrected chi connectivity index (χ2v) is 7.23. The first-order valence-electron chi connectivity index (χ1n) is 6.33. The average molecular weight is 262 g/mol. The van der Waals surface area contributed by atoms with Crippen LogP contribution in [0, 0.1) is 5.92 Å². The fourth-order valence-electron chi connectivity index (χ4n) is 2.33. The van der Waals surface area contributed by atoms with E-state index in [0.717, 1.165) is 25.7 Å². The van der Waals surface area contributed by atoms with Crippen molar-refractivity contribution in [3.8, 4) is 0 Å². The van der Waals surface area contributed by atoms with E-state index in [4.69, 9.17) is 0 Å². The molecule has 1 atom stereocenters. The lowest BCUT2D eigenvalue weighted by molar-refractivity contribution is 0.139. The van der Waals surface area contributed by atoms with Crippen LogP contribution in [0.2, 0.25) is 0 Å². The van der Waals surface area contributed by atoms with Gasteiger partial charge in [0.1, 0.15) is 0 Å². The molecule has 2 N–H and O–H groups in total. The lowest BCUT2D eigenvalue weighted by Gasteiger charge is -2.31. The first-order chi connectivity index (χ1) is 7.97. The summed E-state index contributed by atoms with van der Waals surface area (Å²) < 4.78 is 24.2. The quantitative estimate of drug-likeness (QED) is 0.718. The molecule has 1 unspecified atom stereocenters. The zero-order valence-corrected chi connectivity index (χ0v) is 11.1. The Labute approximate surface area is 103 Å². The molecule has 17 heavy (non-hydrogen) atoms. The van der Waals surface area contributed by atoms with Crippen LogP contribution < -0.4 is 5.32 Å². The van der Waals surface area contributed by atoms with E-state index in [9.17, 15) is 13.5 Å². The van der Waals surface area contributed by atoms with Crippen molar-refractivity contribution in [2.24, 2.45) is 5.92 Å². The Morgan fingerprint density at radius 3 is 2.35 bits per heavy atom. The van der Waals surface area contributed by atoms with Crippen LogP contribution in [0.4, 0.5) is 0 Å². The van der Waals surface area contributed by atoms with Crippen molar-refractivity contribution >= 4 is 10.0 Å². The Bertz CT molecular complexity index is 346.